The van der Waals surface area contributed by atoms with E-state index in [1.807, 2.05) is 12.1 Å². The van der Waals surface area contributed by atoms with Gasteiger partial charge in [0.15, 0.2) is 5.82 Å². The lowest BCUT2D eigenvalue weighted by Crippen LogP contribution is -2.09. The van der Waals surface area contributed by atoms with E-state index in [-0.39, 0.29) is 0 Å². The van der Waals surface area contributed by atoms with Crippen LogP contribution in [0.3, 0.4) is 0 Å². The molecule has 2 rings (SSSR count). The zero-order valence-electron chi connectivity index (χ0n) is 12.6. The van der Waals surface area contributed by atoms with Crippen molar-refractivity contribution in [3.8, 4) is 17.3 Å². The van der Waals surface area contributed by atoms with Gasteiger partial charge < -0.3 is 10.1 Å². The first kappa shape index (κ1) is 15.9. The maximum atomic E-state index is 5.08. The summed E-state index contributed by atoms with van der Waals surface area (Å²) in [6.45, 7) is 7.15. The number of hydrogen-bond acceptors (Lipinski definition) is 5. The number of nitrogens with one attached hydrogen (secondary N) is 1. The summed E-state index contributed by atoms with van der Waals surface area (Å²) >= 11 is 2.30. The Morgan fingerprint density at radius 3 is 2.57 bits per heavy atom. The third-order valence-electron chi connectivity index (χ3n) is 2.97. The largest absolute Gasteiger partial charge is 0.481 e. The van der Waals surface area contributed by atoms with Gasteiger partial charge in [-0.25, -0.2) is 15.0 Å². The predicted octanol–water partition coefficient (Wildman–Crippen LogP) is 3.71. The van der Waals surface area contributed by atoms with Crippen molar-refractivity contribution >= 4 is 28.4 Å². The van der Waals surface area contributed by atoms with Crippen molar-refractivity contribution in [2.24, 2.45) is 0 Å². The van der Waals surface area contributed by atoms with Gasteiger partial charge in [-0.2, -0.15) is 0 Å². The zero-order chi connectivity index (χ0) is 15.4. The minimum absolute atomic E-state index is 0.335. The molecule has 112 valence electrons. The number of ether oxygens (including phenoxy) is 1. The molecule has 0 aliphatic carbocycles. The Kier molecular flexibility index (Phi) is 5.33. The van der Waals surface area contributed by atoms with Gasteiger partial charge in [0.2, 0.25) is 5.88 Å². The van der Waals surface area contributed by atoms with Crippen LogP contribution in [0.5, 0.6) is 5.88 Å². The Labute approximate surface area is 138 Å². The maximum Gasteiger partial charge on any atom is 0.212 e. The molecule has 0 unspecified atom stereocenters. The highest BCUT2D eigenvalue weighted by Crippen LogP contribution is 2.28. The lowest BCUT2D eigenvalue weighted by Gasteiger charge is -2.14. The van der Waals surface area contributed by atoms with Crippen LogP contribution in [0.15, 0.2) is 18.3 Å². The maximum absolute atomic E-state index is 5.08. The first-order valence-corrected chi connectivity index (χ1v) is 7.96. The van der Waals surface area contributed by atoms with E-state index in [4.69, 9.17) is 9.72 Å². The molecule has 2 aromatic rings. The van der Waals surface area contributed by atoms with Gasteiger partial charge in [0.25, 0.3) is 0 Å². The number of methoxy groups -OCH3 is 1. The van der Waals surface area contributed by atoms with E-state index in [1.165, 1.54) is 0 Å². The number of anilines is 1. The summed E-state index contributed by atoms with van der Waals surface area (Å²) in [5.74, 6) is 2.48. The van der Waals surface area contributed by atoms with Crippen LogP contribution in [0.4, 0.5) is 5.82 Å². The summed E-state index contributed by atoms with van der Waals surface area (Å²) in [5.41, 5.74) is 1.93. The summed E-state index contributed by atoms with van der Waals surface area (Å²) in [6, 6.07) is 3.74. The Balaban J connectivity index is 2.51. The summed E-state index contributed by atoms with van der Waals surface area (Å²) in [4.78, 5) is 13.5. The molecule has 5 nitrogen and oxygen atoms in total. The van der Waals surface area contributed by atoms with Crippen molar-refractivity contribution in [3.05, 3.63) is 27.6 Å². The zero-order valence-corrected chi connectivity index (χ0v) is 14.8. The van der Waals surface area contributed by atoms with Crippen molar-refractivity contribution in [2.75, 3.05) is 19.0 Å². The lowest BCUT2D eigenvalue weighted by molar-refractivity contribution is 0.398. The molecule has 0 fully saturated rings. The van der Waals surface area contributed by atoms with Crippen molar-refractivity contribution in [3.63, 3.8) is 0 Å². The quantitative estimate of drug-likeness (QED) is 0.779. The summed E-state index contributed by atoms with van der Waals surface area (Å²) in [6.07, 6.45) is 1.74. The molecule has 0 aromatic carbocycles. The van der Waals surface area contributed by atoms with Crippen LogP contribution in [0.1, 0.15) is 32.4 Å². The number of pyridine rings is 1. The summed E-state index contributed by atoms with van der Waals surface area (Å²) in [5, 5.41) is 3.30. The molecule has 0 radical (unpaired) electrons. The van der Waals surface area contributed by atoms with Crippen LogP contribution >= 0.6 is 22.6 Å². The standard InChI is InChI=1S/C15H19IN4O/c1-5-17-15-12(16)13(9(2)3)19-14(20-15)10-6-7-11(21-4)18-8-10/h6-9H,5H2,1-4H3,(H,17,19,20). The molecule has 0 aliphatic rings. The number of halogens is 1. The van der Waals surface area contributed by atoms with Crippen LogP contribution in [0, 0.1) is 3.57 Å². The molecule has 0 amide bonds. The Morgan fingerprint density at radius 2 is 2.05 bits per heavy atom. The average molecular weight is 398 g/mol. The summed E-state index contributed by atoms with van der Waals surface area (Å²) in [7, 11) is 1.60. The Morgan fingerprint density at radius 1 is 1.29 bits per heavy atom. The van der Waals surface area contributed by atoms with Crippen LogP contribution in [0.2, 0.25) is 0 Å². The smallest absolute Gasteiger partial charge is 0.212 e. The molecule has 0 atom stereocenters. The molecule has 0 saturated carbocycles. The van der Waals surface area contributed by atoms with Gasteiger partial charge in [0, 0.05) is 24.4 Å². The molecule has 0 aliphatic heterocycles. The highest BCUT2D eigenvalue weighted by atomic mass is 127. The molecular weight excluding hydrogens is 379 g/mol. The van der Waals surface area contributed by atoms with E-state index in [2.05, 4.69) is 58.6 Å². The topological polar surface area (TPSA) is 59.9 Å². The highest BCUT2D eigenvalue weighted by molar-refractivity contribution is 14.1. The molecule has 21 heavy (non-hydrogen) atoms. The number of nitrogens with zero attached hydrogens (tertiary/aromatic N) is 3. The van der Waals surface area contributed by atoms with Crippen LogP contribution < -0.4 is 10.1 Å². The van der Waals surface area contributed by atoms with Gasteiger partial charge in [0.05, 0.1) is 16.4 Å². The van der Waals surface area contributed by atoms with Gasteiger partial charge in [-0.15, -0.1) is 0 Å². The second-order valence-electron chi connectivity index (χ2n) is 4.87. The van der Waals surface area contributed by atoms with Gasteiger partial charge >= 0.3 is 0 Å². The van der Waals surface area contributed by atoms with Crippen molar-refractivity contribution in [1.29, 1.82) is 0 Å². The van der Waals surface area contributed by atoms with E-state index >= 15 is 0 Å². The SMILES string of the molecule is CCNc1nc(-c2ccc(OC)nc2)nc(C(C)C)c1I. The fourth-order valence-corrected chi connectivity index (χ4v) is 2.95. The van der Waals surface area contributed by atoms with E-state index in [9.17, 15) is 0 Å². The molecule has 0 bridgehead atoms. The summed E-state index contributed by atoms with van der Waals surface area (Å²) < 4.78 is 6.16. The second-order valence-corrected chi connectivity index (χ2v) is 5.95. The normalized spacial score (nSPS) is 10.8. The van der Waals surface area contributed by atoms with Gasteiger partial charge in [-0.05, 0) is 41.5 Å². The molecule has 0 saturated heterocycles. The van der Waals surface area contributed by atoms with Crippen LogP contribution in [0.25, 0.3) is 11.4 Å². The van der Waals surface area contributed by atoms with Crippen LogP contribution in [-0.2, 0) is 0 Å². The second kappa shape index (κ2) is 7.02. The van der Waals surface area contributed by atoms with E-state index in [0.29, 0.717) is 17.6 Å². The van der Waals surface area contributed by atoms with E-state index < -0.39 is 0 Å². The predicted molar refractivity (Wildman–Crippen MR) is 92.8 cm³/mol. The molecule has 0 spiro atoms. The van der Waals surface area contributed by atoms with E-state index in [0.717, 1.165) is 27.2 Å². The number of rotatable bonds is 5. The minimum atomic E-state index is 0.335. The highest BCUT2D eigenvalue weighted by Gasteiger charge is 2.15. The van der Waals surface area contributed by atoms with Crippen molar-refractivity contribution in [1.82, 2.24) is 15.0 Å². The minimum Gasteiger partial charge on any atom is -0.481 e. The number of aromatic nitrogens is 3. The third kappa shape index (κ3) is 3.61. The first-order chi connectivity index (χ1) is 10.1. The van der Waals surface area contributed by atoms with Gasteiger partial charge in [-0.3, -0.25) is 0 Å². The van der Waals surface area contributed by atoms with Gasteiger partial charge in [-0.1, -0.05) is 13.8 Å². The molecule has 6 heteroatoms. The monoisotopic (exact) mass is 398 g/mol. The first-order valence-electron chi connectivity index (χ1n) is 6.88. The fraction of sp³-hybridized carbons (Fsp3) is 0.400. The fourth-order valence-electron chi connectivity index (χ4n) is 1.89. The van der Waals surface area contributed by atoms with Gasteiger partial charge in [0.1, 0.15) is 5.82 Å². The molecule has 2 aromatic heterocycles. The Bertz CT molecular complexity index is 614. The van der Waals surface area contributed by atoms with Crippen molar-refractivity contribution < 1.29 is 4.74 Å². The lowest BCUT2D eigenvalue weighted by atomic mass is 10.1. The van der Waals surface area contributed by atoms with Crippen LogP contribution in [-0.4, -0.2) is 28.6 Å². The molecular formula is C15H19IN4O. The number of hydrogen-bond donors (Lipinski definition) is 1. The average Bonchev–Trinajstić information content (AvgIpc) is 2.49. The molecule has 2 heterocycles. The van der Waals surface area contributed by atoms with E-state index in [1.54, 1.807) is 13.3 Å². The van der Waals surface area contributed by atoms with Crippen molar-refractivity contribution in [2.45, 2.75) is 26.7 Å². The third-order valence-corrected chi connectivity index (χ3v) is 4.04. The molecule has 1 N–H and O–H groups in total. The Hall–Kier alpha value is -1.44.